The summed E-state index contributed by atoms with van der Waals surface area (Å²) in [5, 5.41) is 3.79. The van der Waals surface area contributed by atoms with E-state index in [0.717, 1.165) is 12.1 Å². The van der Waals surface area contributed by atoms with Crippen molar-refractivity contribution in [2.24, 2.45) is 5.92 Å². The molecule has 170 valence electrons. The molecule has 2 heterocycles. The van der Waals surface area contributed by atoms with Crippen molar-refractivity contribution in [2.75, 3.05) is 40.3 Å². The molecule has 2 aromatic rings. The number of benzene rings is 1. The van der Waals surface area contributed by atoms with Crippen molar-refractivity contribution in [1.82, 2.24) is 19.3 Å². The molecular weight excluding hydrogens is 416 g/mol. The second-order valence-corrected chi connectivity index (χ2v) is 10.3. The number of rotatable bonds is 8. The number of nitrogens with zero attached hydrogens (tertiary/aromatic N) is 4. The number of carbonyl (C=O) groups excluding carboxylic acids is 1. The maximum atomic E-state index is 13.5. The van der Waals surface area contributed by atoms with Crippen LogP contribution in [0.15, 0.2) is 39.8 Å². The molecule has 0 N–H and O–H groups in total. The van der Waals surface area contributed by atoms with Gasteiger partial charge in [-0.2, -0.15) is 4.31 Å². The van der Waals surface area contributed by atoms with E-state index in [4.69, 9.17) is 4.52 Å². The number of aromatic nitrogens is 1. The summed E-state index contributed by atoms with van der Waals surface area (Å²) in [6, 6.07) is 9.88. The fourth-order valence-electron chi connectivity index (χ4n) is 3.98. The maximum absolute atomic E-state index is 13.5. The van der Waals surface area contributed by atoms with Gasteiger partial charge in [-0.05, 0) is 46.3 Å². The molecule has 0 aliphatic carbocycles. The average Bonchev–Trinajstić information content (AvgIpc) is 3.10. The summed E-state index contributed by atoms with van der Waals surface area (Å²) in [6.45, 7) is 5.65. The number of carbonyl (C=O) groups is 1. The van der Waals surface area contributed by atoms with E-state index >= 15 is 0 Å². The first kappa shape index (κ1) is 23.4. The number of piperidine rings is 1. The number of aryl methyl sites for hydroxylation is 2. The van der Waals surface area contributed by atoms with E-state index in [1.807, 2.05) is 54.2 Å². The zero-order chi connectivity index (χ0) is 22.6. The lowest BCUT2D eigenvalue weighted by Gasteiger charge is -2.34. The van der Waals surface area contributed by atoms with Crippen LogP contribution in [0, 0.1) is 19.8 Å². The summed E-state index contributed by atoms with van der Waals surface area (Å²) < 4.78 is 32.9. The lowest BCUT2D eigenvalue weighted by atomic mass is 9.97. The molecule has 3 rings (SSSR count). The van der Waals surface area contributed by atoms with Gasteiger partial charge in [-0.25, -0.2) is 8.42 Å². The molecule has 31 heavy (non-hydrogen) atoms. The van der Waals surface area contributed by atoms with Gasteiger partial charge in [0.1, 0.15) is 10.6 Å². The van der Waals surface area contributed by atoms with Crippen LogP contribution in [0.1, 0.15) is 29.9 Å². The fraction of sp³-hybridized carbons (Fsp3) is 0.545. The summed E-state index contributed by atoms with van der Waals surface area (Å²) >= 11 is 0. The Balaban J connectivity index is 1.78. The predicted octanol–water partition coefficient (Wildman–Crippen LogP) is 2.28. The lowest BCUT2D eigenvalue weighted by Crippen LogP contribution is -2.47. The van der Waals surface area contributed by atoms with Crippen molar-refractivity contribution in [1.29, 1.82) is 0 Å². The highest BCUT2D eigenvalue weighted by Gasteiger charge is 2.37. The standard InChI is InChI=1S/C22H32N4O4S/c1-17-21(18(2)30-23-17)31(28,29)26-12-8-11-20(16-26)22(27)25(14-13-24(3)4)15-19-9-6-5-7-10-19/h5-7,9-10,20H,8,11-16H2,1-4H3. The first-order chi connectivity index (χ1) is 14.7. The Hall–Kier alpha value is -2.23. The Bertz CT molecular complexity index is 969. The van der Waals surface area contributed by atoms with Crippen LogP contribution in [0.4, 0.5) is 0 Å². The lowest BCUT2D eigenvalue weighted by molar-refractivity contribution is -0.137. The first-order valence-electron chi connectivity index (χ1n) is 10.6. The highest BCUT2D eigenvalue weighted by molar-refractivity contribution is 7.89. The van der Waals surface area contributed by atoms with Gasteiger partial charge in [-0.3, -0.25) is 4.79 Å². The third-order valence-corrected chi connectivity index (χ3v) is 7.75. The molecule has 0 bridgehead atoms. The predicted molar refractivity (Wildman–Crippen MR) is 118 cm³/mol. The van der Waals surface area contributed by atoms with Crippen molar-refractivity contribution in [2.45, 2.75) is 38.1 Å². The van der Waals surface area contributed by atoms with Crippen LogP contribution in [0.5, 0.6) is 0 Å². The van der Waals surface area contributed by atoms with Crippen LogP contribution in [0.3, 0.4) is 0 Å². The minimum Gasteiger partial charge on any atom is -0.360 e. The zero-order valence-electron chi connectivity index (χ0n) is 18.7. The second-order valence-electron chi connectivity index (χ2n) is 8.40. The molecular formula is C22H32N4O4S. The molecule has 9 heteroatoms. The first-order valence-corrected chi connectivity index (χ1v) is 12.0. The molecule has 1 atom stereocenters. The van der Waals surface area contributed by atoms with E-state index in [9.17, 15) is 13.2 Å². The minimum absolute atomic E-state index is 0.00404. The van der Waals surface area contributed by atoms with E-state index in [1.165, 1.54) is 4.31 Å². The van der Waals surface area contributed by atoms with Gasteiger partial charge in [0.2, 0.25) is 15.9 Å². The van der Waals surface area contributed by atoms with Crippen molar-refractivity contribution in [3.63, 3.8) is 0 Å². The molecule has 0 saturated carbocycles. The molecule has 1 unspecified atom stereocenters. The van der Waals surface area contributed by atoms with Crippen LogP contribution in [0.2, 0.25) is 0 Å². The largest absolute Gasteiger partial charge is 0.360 e. The van der Waals surface area contributed by atoms with Crippen LogP contribution in [0.25, 0.3) is 0 Å². The molecule has 0 radical (unpaired) electrons. The molecule has 1 amide bonds. The topological polar surface area (TPSA) is 87.0 Å². The summed E-state index contributed by atoms with van der Waals surface area (Å²) in [5.74, 6) is -0.0816. The quantitative estimate of drug-likeness (QED) is 0.616. The van der Waals surface area contributed by atoms with E-state index in [0.29, 0.717) is 38.2 Å². The third kappa shape index (κ3) is 5.53. The van der Waals surface area contributed by atoms with Gasteiger partial charge in [0.05, 0.1) is 5.92 Å². The number of likely N-dealkylation sites (N-methyl/N-ethyl adjacent to an activating group) is 1. The van der Waals surface area contributed by atoms with Gasteiger partial charge in [-0.15, -0.1) is 0 Å². The Labute approximate surface area is 184 Å². The van der Waals surface area contributed by atoms with Crippen LogP contribution >= 0.6 is 0 Å². The molecule has 8 nitrogen and oxygen atoms in total. The Morgan fingerprint density at radius 3 is 2.52 bits per heavy atom. The van der Waals surface area contributed by atoms with Gasteiger partial charge < -0.3 is 14.3 Å². The van der Waals surface area contributed by atoms with Crippen molar-refractivity contribution in [3.05, 3.63) is 47.3 Å². The van der Waals surface area contributed by atoms with E-state index in [-0.39, 0.29) is 29.0 Å². The normalized spacial score (nSPS) is 17.8. The maximum Gasteiger partial charge on any atom is 0.248 e. The average molecular weight is 449 g/mol. The monoisotopic (exact) mass is 448 g/mol. The summed E-state index contributed by atoms with van der Waals surface area (Å²) in [7, 11) is 0.193. The van der Waals surface area contributed by atoms with Gasteiger partial charge in [-0.1, -0.05) is 35.5 Å². The third-order valence-electron chi connectivity index (χ3n) is 5.64. The van der Waals surface area contributed by atoms with Gasteiger partial charge >= 0.3 is 0 Å². The molecule has 1 saturated heterocycles. The van der Waals surface area contributed by atoms with Crippen LogP contribution in [-0.4, -0.2) is 73.9 Å². The minimum atomic E-state index is -3.76. The van der Waals surface area contributed by atoms with Gasteiger partial charge in [0.25, 0.3) is 0 Å². The Morgan fingerprint density at radius 2 is 1.90 bits per heavy atom. The van der Waals surface area contributed by atoms with Crippen molar-refractivity contribution in [3.8, 4) is 0 Å². The number of sulfonamides is 1. The summed E-state index contributed by atoms with van der Waals surface area (Å²) in [4.78, 5) is 17.5. The van der Waals surface area contributed by atoms with E-state index in [2.05, 4.69) is 5.16 Å². The van der Waals surface area contributed by atoms with Gasteiger partial charge in [0.15, 0.2) is 5.76 Å². The Morgan fingerprint density at radius 1 is 1.19 bits per heavy atom. The summed E-state index contributed by atoms with van der Waals surface area (Å²) in [5.41, 5.74) is 1.41. The molecule has 1 aliphatic heterocycles. The fourth-order valence-corrected chi connectivity index (χ4v) is 5.80. The van der Waals surface area contributed by atoms with Gasteiger partial charge in [0, 0.05) is 32.7 Å². The van der Waals surface area contributed by atoms with E-state index < -0.39 is 10.0 Å². The second kappa shape index (κ2) is 9.93. The zero-order valence-corrected chi connectivity index (χ0v) is 19.6. The highest BCUT2D eigenvalue weighted by Crippen LogP contribution is 2.28. The van der Waals surface area contributed by atoms with Crippen LogP contribution < -0.4 is 0 Å². The smallest absolute Gasteiger partial charge is 0.248 e. The van der Waals surface area contributed by atoms with Crippen molar-refractivity contribution >= 4 is 15.9 Å². The van der Waals surface area contributed by atoms with Crippen LogP contribution in [-0.2, 0) is 21.4 Å². The number of hydrogen-bond acceptors (Lipinski definition) is 6. The highest BCUT2D eigenvalue weighted by atomic mass is 32.2. The van der Waals surface area contributed by atoms with E-state index in [1.54, 1.807) is 13.8 Å². The summed E-state index contributed by atoms with van der Waals surface area (Å²) in [6.07, 6.45) is 1.32. The molecule has 0 spiro atoms. The molecule has 1 aromatic heterocycles. The molecule has 1 fully saturated rings. The SMILES string of the molecule is Cc1noc(C)c1S(=O)(=O)N1CCCC(C(=O)N(CCN(C)C)Cc2ccccc2)C1. The molecule has 1 aromatic carbocycles. The molecule has 1 aliphatic rings. The number of amides is 1. The number of hydrogen-bond donors (Lipinski definition) is 0. The Kier molecular flexibility index (Phi) is 7.51. The van der Waals surface area contributed by atoms with Crippen molar-refractivity contribution < 1.29 is 17.7 Å².